The Hall–Kier alpha value is -0.730. The lowest BCUT2D eigenvalue weighted by atomic mass is 9.90. The minimum absolute atomic E-state index is 0.0430. The van der Waals surface area contributed by atoms with Crippen LogP contribution >= 0.6 is 11.6 Å². The van der Waals surface area contributed by atoms with Crippen molar-refractivity contribution in [2.75, 3.05) is 0 Å². The van der Waals surface area contributed by atoms with Gasteiger partial charge in [0.2, 0.25) is 0 Å². The van der Waals surface area contributed by atoms with Crippen molar-refractivity contribution in [3.63, 3.8) is 0 Å². The largest absolute Gasteiger partial charge is 0.490 e. The van der Waals surface area contributed by atoms with Crippen LogP contribution in [-0.4, -0.2) is 6.10 Å². The molecule has 1 heterocycles. The van der Waals surface area contributed by atoms with Gasteiger partial charge >= 0.3 is 0 Å². The van der Waals surface area contributed by atoms with E-state index in [0.29, 0.717) is 5.92 Å². The standard InChI is InChI=1S/C13H18ClNO/c1-3-8(2)13-7-11(15)10-6-9(14)4-5-12(10)16-13/h4-6,8,11,13H,3,7,15H2,1-2H3. The van der Waals surface area contributed by atoms with E-state index in [1.165, 1.54) is 0 Å². The summed E-state index contributed by atoms with van der Waals surface area (Å²) < 4.78 is 5.97. The molecule has 2 N–H and O–H groups in total. The Morgan fingerprint density at radius 2 is 2.31 bits per heavy atom. The molecule has 3 heteroatoms. The molecule has 0 saturated heterocycles. The van der Waals surface area contributed by atoms with Gasteiger partial charge in [0.05, 0.1) is 0 Å². The van der Waals surface area contributed by atoms with Gasteiger partial charge in [0.25, 0.3) is 0 Å². The lowest BCUT2D eigenvalue weighted by Gasteiger charge is -2.33. The molecular weight excluding hydrogens is 222 g/mol. The van der Waals surface area contributed by atoms with E-state index >= 15 is 0 Å². The zero-order valence-electron chi connectivity index (χ0n) is 9.74. The fraction of sp³-hybridized carbons (Fsp3) is 0.538. The SMILES string of the molecule is CCC(C)C1CC(N)c2cc(Cl)ccc2O1. The third-order valence-electron chi connectivity index (χ3n) is 3.41. The molecule has 0 radical (unpaired) electrons. The predicted molar refractivity (Wildman–Crippen MR) is 66.9 cm³/mol. The number of fused-ring (bicyclic) bond motifs is 1. The van der Waals surface area contributed by atoms with Crippen molar-refractivity contribution in [1.29, 1.82) is 0 Å². The minimum atomic E-state index is 0.0430. The van der Waals surface area contributed by atoms with Crippen molar-refractivity contribution in [2.24, 2.45) is 11.7 Å². The van der Waals surface area contributed by atoms with E-state index in [-0.39, 0.29) is 12.1 Å². The van der Waals surface area contributed by atoms with E-state index in [1.54, 1.807) is 0 Å². The van der Waals surface area contributed by atoms with Gasteiger partial charge in [-0.15, -0.1) is 0 Å². The molecule has 1 aromatic carbocycles. The Morgan fingerprint density at radius 1 is 1.56 bits per heavy atom. The molecule has 2 rings (SSSR count). The Morgan fingerprint density at radius 3 is 3.00 bits per heavy atom. The first kappa shape index (κ1) is 11.7. The highest BCUT2D eigenvalue weighted by Crippen LogP contribution is 2.37. The fourth-order valence-corrected chi connectivity index (χ4v) is 2.30. The van der Waals surface area contributed by atoms with E-state index in [2.05, 4.69) is 13.8 Å². The molecule has 0 aromatic heterocycles. The molecule has 1 aliphatic heterocycles. The number of ether oxygens (including phenoxy) is 1. The smallest absolute Gasteiger partial charge is 0.124 e. The first-order valence-corrected chi connectivity index (χ1v) is 6.21. The van der Waals surface area contributed by atoms with Gasteiger partial charge in [-0.05, 0) is 24.1 Å². The van der Waals surface area contributed by atoms with E-state index in [1.807, 2.05) is 18.2 Å². The van der Waals surface area contributed by atoms with Crippen LogP contribution < -0.4 is 10.5 Å². The van der Waals surface area contributed by atoms with Crippen molar-refractivity contribution in [3.05, 3.63) is 28.8 Å². The molecule has 3 unspecified atom stereocenters. The number of halogens is 1. The van der Waals surface area contributed by atoms with Crippen LogP contribution in [0.2, 0.25) is 5.02 Å². The second kappa shape index (κ2) is 4.64. The summed E-state index contributed by atoms with van der Waals surface area (Å²) in [5.41, 5.74) is 7.19. The quantitative estimate of drug-likeness (QED) is 0.857. The lowest BCUT2D eigenvalue weighted by molar-refractivity contribution is 0.105. The summed E-state index contributed by atoms with van der Waals surface area (Å²) >= 11 is 5.96. The van der Waals surface area contributed by atoms with Crippen LogP contribution in [0.5, 0.6) is 5.75 Å². The Labute approximate surface area is 102 Å². The Balaban J connectivity index is 2.26. The summed E-state index contributed by atoms with van der Waals surface area (Å²) in [6, 6.07) is 5.73. The summed E-state index contributed by atoms with van der Waals surface area (Å²) in [6.07, 6.45) is 2.22. The molecule has 88 valence electrons. The number of rotatable bonds is 2. The number of benzene rings is 1. The summed E-state index contributed by atoms with van der Waals surface area (Å²) in [5.74, 6) is 1.43. The van der Waals surface area contributed by atoms with Crippen LogP contribution in [-0.2, 0) is 0 Å². The Bertz CT molecular complexity index is 380. The molecule has 2 nitrogen and oxygen atoms in total. The van der Waals surface area contributed by atoms with Crippen molar-refractivity contribution in [1.82, 2.24) is 0 Å². The van der Waals surface area contributed by atoms with Gasteiger partial charge in [-0.1, -0.05) is 31.9 Å². The monoisotopic (exact) mass is 239 g/mol. The average molecular weight is 240 g/mol. The number of hydrogen-bond donors (Lipinski definition) is 1. The summed E-state index contributed by atoms with van der Waals surface area (Å²) in [4.78, 5) is 0. The molecule has 1 aromatic rings. The zero-order valence-corrected chi connectivity index (χ0v) is 10.5. The molecule has 16 heavy (non-hydrogen) atoms. The lowest BCUT2D eigenvalue weighted by Crippen LogP contribution is -2.34. The first-order valence-electron chi connectivity index (χ1n) is 5.83. The summed E-state index contributed by atoms with van der Waals surface area (Å²) in [5, 5.41) is 0.722. The van der Waals surface area contributed by atoms with Crippen LogP contribution in [0.3, 0.4) is 0 Å². The zero-order chi connectivity index (χ0) is 11.7. The third-order valence-corrected chi connectivity index (χ3v) is 3.65. The molecule has 3 atom stereocenters. The molecule has 1 aliphatic rings. The van der Waals surface area contributed by atoms with Crippen LogP contribution in [0.4, 0.5) is 0 Å². The van der Waals surface area contributed by atoms with Crippen LogP contribution in [0.15, 0.2) is 18.2 Å². The van der Waals surface area contributed by atoms with Gasteiger partial charge in [-0.25, -0.2) is 0 Å². The number of nitrogens with two attached hydrogens (primary N) is 1. The van der Waals surface area contributed by atoms with E-state index in [0.717, 1.165) is 29.2 Å². The van der Waals surface area contributed by atoms with Crippen molar-refractivity contribution in [2.45, 2.75) is 38.8 Å². The van der Waals surface area contributed by atoms with Crippen LogP contribution in [0.1, 0.15) is 38.3 Å². The van der Waals surface area contributed by atoms with Gasteiger partial charge in [0, 0.05) is 23.0 Å². The summed E-state index contributed by atoms with van der Waals surface area (Å²) in [7, 11) is 0. The van der Waals surface area contributed by atoms with Gasteiger partial charge in [0.1, 0.15) is 11.9 Å². The first-order chi connectivity index (χ1) is 7.61. The fourth-order valence-electron chi connectivity index (χ4n) is 2.12. The second-order valence-electron chi connectivity index (χ2n) is 4.57. The maximum atomic E-state index is 6.16. The molecular formula is C13H18ClNO. The predicted octanol–water partition coefficient (Wildman–Crippen LogP) is 3.54. The van der Waals surface area contributed by atoms with E-state index in [9.17, 15) is 0 Å². The van der Waals surface area contributed by atoms with E-state index < -0.39 is 0 Å². The maximum absolute atomic E-state index is 6.16. The van der Waals surface area contributed by atoms with Crippen molar-refractivity contribution >= 4 is 11.6 Å². The summed E-state index contributed by atoms with van der Waals surface area (Å²) in [6.45, 7) is 4.38. The van der Waals surface area contributed by atoms with Crippen molar-refractivity contribution in [3.8, 4) is 5.75 Å². The third kappa shape index (κ3) is 2.18. The average Bonchev–Trinajstić information content (AvgIpc) is 2.28. The highest BCUT2D eigenvalue weighted by Gasteiger charge is 2.28. The molecule has 0 saturated carbocycles. The second-order valence-corrected chi connectivity index (χ2v) is 5.00. The maximum Gasteiger partial charge on any atom is 0.124 e. The van der Waals surface area contributed by atoms with Gasteiger partial charge in [-0.2, -0.15) is 0 Å². The Kier molecular flexibility index (Phi) is 3.41. The van der Waals surface area contributed by atoms with Crippen molar-refractivity contribution < 1.29 is 4.74 Å². The van der Waals surface area contributed by atoms with Gasteiger partial charge < -0.3 is 10.5 Å². The van der Waals surface area contributed by atoms with Gasteiger partial charge in [0.15, 0.2) is 0 Å². The minimum Gasteiger partial charge on any atom is -0.490 e. The highest BCUT2D eigenvalue weighted by atomic mass is 35.5. The molecule has 0 spiro atoms. The van der Waals surface area contributed by atoms with E-state index in [4.69, 9.17) is 22.1 Å². The van der Waals surface area contributed by atoms with Gasteiger partial charge in [-0.3, -0.25) is 0 Å². The number of hydrogen-bond acceptors (Lipinski definition) is 2. The molecule has 0 aliphatic carbocycles. The molecule has 0 bridgehead atoms. The normalized spacial score (nSPS) is 25.8. The van der Waals surface area contributed by atoms with Crippen LogP contribution in [0.25, 0.3) is 0 Å². The highest BCUT2D eigenvalue weighted by molar-refractivity contribution is 6.30. The van der Waals surface area contributed by atoms with Crippen LogP contribution in [0, 0.1) is 5.92 Å². The molecule has 0 fully saturated rings. The molecule has 0 amide bonds. The topological polar surface area (TPSA) is 35.2 Å².